The number of rotatable bonds is 8. The summed E-state index contributed by atoms with van der Waals surface area (Å²) in [5, 5.41) is 2.86. The lowest BCUT2D eigenvalue weighted by Gasteiger charge is -2.22. The number of carbonyl (C=O) groups is 1. The smallest absolute Gasteiger partial charge is 0.226 e. The Morgan fingerprint density at radius 2 is 2.05 bits per heavy atom. The highest BCUT2D eigenvalue weighted by Crippen LogP contribution is 2.17. The van der Waals surface area contributed by atoms with Crippen LogP contribution in [-0.2, 0) is 14.3 Å². The first kappa shape index (κ1) is 17.5. The van der Waals surface area contributed by atoms with E-state index in [4.69, 9.17) is 15.2 Å². The fraction of sp³-hybridized carbons (Fsp3) is 0.562. The van der Waals surface area contributed by atoms with Crippen molar-refractivity contribution in [3.8, 4) is 0 Å². The molecule has 1 rings (SSSR count). The molecule has 0 aliphatic rings. The van der Waals surface area contributed by atoms with Crippen LogP contribution in [0.1, 0.15) is 32.3 Å². The van der Waals surface area contributed by atoms with Crippen LogP contribution in [0.3, 0.4) is 0 Å². The predicted octanol–water partition coefficient (Wildman–Crippen LogP) is 2.74. The summed E-state index contributed by atoms with van der Waals surface area (Å²) in [5.74, 6) is -0.0612. The van der Waals surface area contributed by atoms with Gasteiger partial charge in [-0.25, -0.2) is 0 Å². The zero-order chi connectivity index (χ0) is 15.9. The summed E-state index contributed by atoms with van der Waals surface area (Å²) in [5.41, 5.74) is 7.91. The van der Waals surface area contributed by atoms with Gasteiger partial charge in [0, 0.05) is 25.1 Å². The molecule has 0 saturated carbocycles. The molecule has 0 aromatic heterocycles. The van der Waals surface area contributed by atoms with Crippen molar-refractivity contribution in [2.45, 2.75) is 39.2 Å². The topological polar surface area (TPSA) is 73.6 Å². The van der Waals surface area contributed by atoms with E-state index in [1.165, 1.54) is 0 Å². The van der Waals surface area contributed by atoms with Gasteiger partial charge in [-0.2, -0.15) is 0 Å². The van der Waals surface area contributed by atoms with E-state index in [0.29, 0.717) is 25.3 Å². The van der Waals surface area contributed by atoms with Gasteiger partial charge in [0.15, 0.2) is 0 Å². The van der Waals surface area contributed by atoms with E-state index in [-0.39, 0.29) is 11.5 Å². The van der Waals surface area contributed by atoms with E-state index >= 15 is 0 Å². The van der Waals surface area contributed by atoms with Crippen molar-refractivity contribution in [3.63, 3.8) is 0 Å². The molecule has 0 heterocycles. The molecule has 0 bridgehead atoms. The van der Waals surface area contributed by atoms with E-state index in [0.717, 1.165) is 17.7 Å². The Morgan fingerprint density at radius 1 is 1.33 bits per heavy atom. The fourth-order valence-electron chi connectivity index (χ4n) is 1.73. The molecule has 0 spiro atoms. The molecule has 21 heavy (non-hydrogen) atoms. The first-order valence-electron chi connectivity index (χ1n) is 7.13. The molecule has 5 nitrogen and oxygen atoms in total. The van der Waals surface area contributed by atoms with Crippen molar-refractivity contribution in [3.05, 3.63) is 23.8 Å². The number of nitrogens with one attached hydrogen (secondary N) is 1. The Morgan fingerprint density at radius 3 is 2.67 bits per heavy atom. The highest BCUT2D eigenvalue weighted by Gasteiger charge is 2.15. The van der Waals surface area contributed by atoms with Crippen LogP contribution in [0, 0.1) is 6.92 Å². The van der Waals surface area contributed by atoms with E-state index in [1.54, 1.807) is 13.2 Å². The van der Waals surface area contributed by atoms with Gasteiger partial charge in [0.25, 0.3) is 0 Å². The van der Waals surface area contributed by atoms with Gasteiger partial charge in [-0.1, -0.05) is 0 Å². The van der Waals surface area contributed by atoms with Crippen molar-refractivity contribution in [1.82, 2.24) is 0 Å². The zero-order valence-corrected chi connectivity index (χ0v) is 13.4. The number of nitrogen functional groups attached to an aromatic ring is 1. The van der Waals surface area contributed by atoms with Crippen molar-refractivity contribution < 1.29 is 14.3 Å². The second-order valence-electron chi connectivity index (χ2n) is 5.70. The third-order valence-corrected chi connectivity index (χ3v) is 3.40. The van der Waals surface area contributed by atoms with Crippen LogP contribution in [0.5, 0.6) is 0 Å². The molecule has 0 aliphatic heterocycles. The molecular formula is C16H26N2O3. The summed E-state index contributed by atoms with van der Waals surface area (Å²) >= 11 is 0. The number of carbonyl (C=O) groups excluding carboxylic acids is 1. The average molecular weight is 294 g/mol. The molecule has 1 aromatic carbocycles. The molecular weight excluding hydrogens is 268 g/mol. The highest BCUT2D eigenvalue weighted by molar-refractivity contribution is 5.91. The lowest BCUT2D eigenvalue weighted by molar-refractivity contribution is -0.117. The number of hydrogen-bond donors (Lipinski definition) is 2. The number of hydrogen-bond acceptors (Lipinski definition) is 4. The molecule has 5 heteroatoms. The van der Waals surface area contributed by atoms with Crippen LogP contribution in [0.2, 0.25) is 0 Å². The van der Waals surface area contributed by atoms with E-state index in [1.807, 2.05) is 32.9 Å². The minimum Gasteiger partial charge on any atom is -0.399 e. The van der Waals surface area contributed by atoms with E-state index < -0.39 is 0 Å². The van der Waals surface area contributed by atoms with Crippen molar-refractivity contribution in [2.24, 2.45) is 0 Å². The molecule has 0 aliphatic carbocycles. The summed E-state index contributed by atoms with van der Waals surface area (Å²) in [4.78, 5) is 11.8. The summed E-state index contributed by atoms with van der Waals surface area (Å²) in [6.07, 6.45) is 1.12. The lowest BCUT2D eigenvalue weighted by Crippen LogP contribution is -2.24. The zero-order valence-electron chi connectivity index (χ0n) is 13.4. The molecule has 1 aromatic rings. The molecule has 0 unspecified atom stereocenters. The number of nitrogens with two attached hydrogens (primary N) is 1. The Bertz CT molecular complexity index is 473. The maximum absolute atomic E-state index is 11.8. The van der Waals surface area contributed by atoms with Gasteiger partial charge in [0.1, 0.15) is 0 Å². The fourth-order valence-corrected chi connectivity index (χ4v) is 1.73. The summed E-state index contributed by atoms with van der Waals surface area (Å²) in [6, 6.07) is 5.41. The van der Waals surface area contributed by atoms with Crippen molar-refractivity contribution in [2.75, 3.05) is 31.4 Å². The largest absolute Gasteiger partial charge is 0.399 e. The Labute approximate surface area is 126 Å². The molecule has 0 radical (unpaired) electrons. The van der Waals surface area contributed by atoms with Gasteiger partial charge >= 0.3 is 0 Å². The van der Waals surface area contributed by atoms with Crippen LogP contribution in [0.4, 0.5) is 11.4 Å². The number of benzene rings is 1. The van der Waals surface area contributed by atoms with Crippen LogP contribution < -0.4 is 11.1 Å². The summed E-state index contributed by atoms with van der Waals surface area (Å²) in [6.45, 7) is 6.91. The SMILES string of the molecule is COC(C)(C)CCOCCC(=O)Nc1ccc(N)cc1C. The summed E-state index contributed by atoms with van der Waals surface area (Å²) in [7, 11) is 1.68. The average Bonchev–Trinajstić information content (AvgIpc) is 2.41. The molecule has 118 valence electrons. The maximum Gasteiger partial charge on any atom is 0.226 e. The van der Waals surface area contributed by atoms with Gasteiger partial charge in [0.2, 0.25) is 5.91 Å². The third kappa shape index (κ3) is 6.60. The maximum atomic E-state index is 11.8. The summed E-state index contributed by atoms with van der Waals surface area (Å²) < 4.78 is 10.8. The van der Waals surface area contributed by atoms with E-state index in [9.17, 15) is 4.79 Å². The Kier molecular flexibility index (Phi) is 6.65. The Balaban J connectivity index is 2.26. The van der Waals surface area contributed by atoms with Crippen molar-refractivity contribution in [1.29, 1.82) is 0 Å². The standard InChI is InChI=1S/C16H26N2O3/c1-12-11-13(17)5-6-14(12)18-15(19)7-9-21-10-8-16(2,3)20-4/h5-6,11H,7-10,17H2,1-4H3,(H,18,19). The van der Waals surface area contributed by atoms with Crippen molar-refractivity contribution >= 4 is 17.3 Å². The minimum atomic E-state index is -0.191. The predicted molar refractivity (Wildman–Crippen MR) is 85.4 cm³/mol. The molecule has 0 fully saturated rings. The van der Waals surface area contributed by atoms with Gasteiger partial charge in [-0.05, 0) is 51.0 Å². The second kappa shape index (κ2) is 8.00. The van der Waals surface area contributed by atoms with Crippen LogP contribution in [0.25, 0.3) is 0 Å². The van der Waals surface area contributed by atoms with Gasteiger partial charge in [-0.15, -0.1) is 0 Å². The van der Waals surface area contributed by atoms with Crippen LogP contribution >= 0.6 is 0 Å². The number of aryl methyl sites for hydroxylation is 1. The van der Waals surface area contributed by atoms with Crippen LogP contribution in [0.15, 0.2) is 18.2 Å². The Hall–Kier alpha value is -1.59. The number of ether oxygens (including phenoxy) is 2. The number of amides is 1. The van der Waals surface area contributed by atoms with Crippen LogP contribution in [-0.4, -0.2) is 31.8 Å². The molecule has 0 atom stereocenters. The molecule has 3 N–H and O–H groups in total. The highest BCUT2D eigenvalue weighted by atomic mass is 16.5. The van der Waals surface area contributed by atoms with E-state index in [2.05, 4.69) is 5.32 Å². The third-order valence-electron chi connectivity index (χ3n) is 3.40. The first-order valence-corrected chi connectivity index (χ1v) is 7.13. The number of anilines is 2. The molecule has 1 amide bonds. The lowest BCUT2D eigenvalue weighted by atomic mass is 10.1. The molecule has 0 saturated heterocycles. The van der Waals surface area contributed by atoms with Gasteiger partial charge < -0.3 is 20.5 Å². The minimum absolute atomic E-state index is 0.0612. The monoisotopic (exact) mass is 294 g/mol. The van der Waals surface area contributed by atoms with Gasteiger partial charge in [-0.3, -0.25) is 4.79 Å². The number of methoxy groups -OCH3 is 1. The normalized spacial score (nSPS) is 11.4. The quantitative estimate of drug-likeness (QED) is 0.571. The second-order valence-corrected chi connectivity index (χ2v) is 5.70. The first-order chi connectivity index (χ1) is 9.84. The van der Waals surface area contributed by atoms with Gasteiger partial charge in [0.05, 0.1) is 18.6 Å².